The summed E-state index contributed by atoms with van der Waals surface area (Å²) in [6.07, 6.45) is 3.20. The van der Waals surface area contributed by atoms with E-state index in [0.717, 1.165) is 47.1 Å². The maximum Gasteiger partial charge on any atom is 0.309 e. The molecule has 0 amide bonds. The molecule has 116 valence electrons. The SMILES string of the molecule is CCOC(=O)C1CCN(c2ncnc3cccc(Br)c23)CC1. The predicted molar refractivity (Wildman–Crippen MR) is 88.8 cm³/mol. The van der Waals surface area contributed by atoms with Crippen molar-refractivity contribution in [2.75, 3.05) is 24.6 Å². The molecule has 0 bridgehead atoms. The number of esters is 1. The molecule has 6 heteroatoms. The summed E-state index contributed by atoms with van der Waals surface area (Å²) in [4.78, 5) is 22.9. The van der Waals surface area contributed by atoms with E-state index in [4.69, 9.17) is 4.74 Å². The van der Waals surface area contributed by atoms with Crippen molar-refractivity contribution in [2.45, 2.75) is 19.8 Å². The third-order valence-electron chi connectivity index (χ3n) is 4.01. The molecule has 3 rings (SSSR count). The first-order chi connectivity index (χ1) is 10.7. The lowest BCUT2D eigenvalue weighted by atomic mass is 9.97. The first-order valence-corrected chi connectivity index (χ1v) is 8.30. The summed E-state index contributed by atoms with van der Waals surface area (Å²) in [6, 6.07) is 5.95. The van der Waals surface area contributed by atoms with Crippen molar-refractivity contribution in [3.8, 4) is 0 Å². The number of hydrogen-bond acceptors (Lipinski definition) is 5. The third kappa shape index (κ3) is 2.92. The molecular formula is C16H18BrN3O2. The first kappa shape index (κ1) is 15.2. The number of fused-ring (bicyclic) bond motifs is 1. The van der Waals surface area contributed by atoms with Crippen LogP contribution in [-0.2, 0) is 9.53 Å². The standard InChI is InChI=1S/C16H18BrN3O2/c1-2-22-16(21)11-6-8-20(9-7-11)15-14-12(17)4-3-5-13(14)18-10-19-15/h3-5,10-11H,2,6-9H2,1H3. The summed E-state index contributed by atoms with van der Waals surface area (Å²) in [5, 5.41) is 1.03. The lowest BCUT2D eigenvalue weighted by Gasteiger charge is -2.32. The number of carbonyl (C=O) groups excluding carboxylic acids is 1. The minimum absolute atomic E-state index is 0.00717. The van der Waals surface area contributed by atoms with Gasteiger partial charge in [-0.25, -0.2) is 9.97 Å². The molecule has 0 spiro atoms. The maximum absolute atomic E-state index is 11.8. The molecule has 5 nitrogen and oxygen atoms in total. The Bertz CT molecular complexity index is 679. The van der Waals surface area contributed by atoms with Gasteiger partial charge >= 0.3 is 5.97 Å². The molecule has 0 N–H and O–H groups in total. The summed E-state index contributed by atoms with van der Waals surface area (Å²) in [5.74, 6) is 0.864. The highest BCUT2D eigenvalue weighted by molar-refractivity contribution is 9.10. The number of piperidine rings is 1. The number of carbonyl (C=O) groups is 1. The van der Waals surface area contributed by atoms with Crippen LogP contribution in [0.1, 0.15) is 19.8 Å². The van der Waals surface area contributed by atoms with Gasteiger partial charge in [0.25, 0.3) is 0 Å². The van der Waals surface area contributed by atoms with Gasteiger partial charge in [0, 0.05) is 17.6 Å². The molecule has 0 radical (unpaired) electrons. The fourth-order valence-corrected chi connectivity index (χ4v) is 3.41. The first-order valence-electron chi connectivity index (χ1n) is 7.51. The van der Waals surface area contributed by atoms with Crippen molar-refractivity contribution in [3.05, 3.63) is 29.0 Å². The van der Waals surface area contributed by atoms with Gasteiger partial charge in [0.1, 0.15) is 12.1 Å². The van der Waals surface area contributed by atoms with E-state index >= 15 is 0 Å². The molecule has 1 aliphatic rings. The van der Waals surface area contributed by atoms with Gasteiger partial charge in [-0.3, -0.25) is 4.79 Å². The highest BCUT2D eigenvalue weighted by Gasteiger charge is 2.27. The fourth-order valence-electron chi connectivity index (χ4n) is 2.88. The van der Waals surface area contributed by atoms with Gasteiger partial charge in [-0.05, 0) is 47.8 Å². The Balaban J connectivity index is 1.81. The van der Waals surface area contributed by atoms with Crippen molar-refractivity contribution in [3.63, 3.8) is 0 Å². The Labute approximate surface area is 137 Å². The van der Waals surface area contributed by atoms with E-state index in [-0.39, 0.29) is 11.9 Å². The molecule has 2 aromatic rings. The largest absolute Gasteiger partial charge is 0.466 e. The minimum Gasteiger partial charge on any atom is -0.466 e. The molecule has 1 aromatic heterocycles. The second-order valence-corrected chi connectivity index (χ2v) is 6.20. The molecule has 0 unspecified atom stereocenters. The zero-order valence-electron chi connectivity index (χ0n) is 12.5. The minimum atomic E-state index is -0.0733. The van der Waals surface area contributed by atoms with Gasteiger partial charge in [-0.2, -0.15) is 0 Å². The molecule has 0 aliphatic carbocycles. The molecule has 2 heterocycles. The average molecular weight is 364 g/mol. The van der Waals surface area contributed by atoms with Crippen molar-refractivity contribution in [1.82, 2.24) is 9.97 Å². The van der Waals surface area contributed by atoms with Crippen molar-refractivity contribution in [2.24, 2.45) is 5.92 Å². The summed E-state index contributed by atoms with van der Waals surface area (Å²) >= 11 is 3.59. The number of nitrogens with zero attached hydrogens (tertiary/aromatic N) is 3. The summed E-state index contributed by atoms with van der Waals surface area (Å²) in [6.45, 7) is 3.90. The number of anilines is 1. The van der Waals surface area contributed by atoms with Gasteiger partial charge in [0.15, 0.2) is 0 Å². The molecule has 1 aliphatic heterocycles. The molecule has 1 saturated heterocycles. The van der Waals surface area contributed by atoms with Crippen LogP contribution < -0.4 is 4.90 Å². The van der Waals surface area contributed by atoms with Gasteiger partial charge in [0.2, 0.25) is 0 Å². The predicted octanol–water partition coefficient (Wildman–Crippen LogP) is 3.17. The zero-order chi connectivity index (χ0) is 15.5. The molecule has 0 atom stereocenters. The Morgan fingerprint density at radius 3 is 2.86 bits per heavy atom. The quantitative estimate of drug-likeness (QED) is 0.783. The van der Waals surface area contributed by atoms with Gasteiger partial charge in [-0.15, -0.1) is 0 Å². The van der Waals surface area contributed by atoms with Crippen LogP contribution in [0.5, 0.6) is 0 Å². The van der Waals surface area contributed by atoms with Crippen LogP contribution in [0.2, 0.25) is 0 Å². The monoisotopic (exact) mass is 363 g/mol. The molecule has 1 aromatic carbocycles. The topological polar surface area (TPSA) is 55.3 Å². The smallest absolute Gasteiger partial charge is 0.309 e. The van der Waals surface area contributed by atoms with Crippen LogP contribution in [-0.4, -0.2) is 35.6 Å². The van der Waals surface area contributed by atoms with Gasteiger partial charge in [-0.1, -0.05) is 6.07 Å². The van der Waals surface area contributed by atoms with E-state index in [1.807, 2.05) is 25.1 Å². The Kier molecular flexibility index (Phi) is 4.57. The van der Waals surface area contributed by atoms with Crippen LogP contribution in [0.25, 0.3) is 10.9 Å². The Morgan fingerprint density at radius 1 is 1.36 bits per heavy atom. The average Bonchev–Trinajstić information content (AvgIpc) is 2.55. The van der Waals surface area contributed by atoms with Crippen LogP contribution in [0, 0.1) is 5.92 Å². The number of rotatable bonds is 3. The van der Waals surface area contributed by atoms with Crippen LogP contribution in [0.4, 0.5) is 5.82 Å². The molecule has 22 heavy (non-hydrogen) atoms. The van der Waals surface area contributed by atoms with Crippen molar-refractivity contribution >= 4 is 38.6 Å². The summed E-state index contributed by atoms with van der Waals surface area (Å²) in [7, 11) is 0. The third-order valence-corrected chi connectivity index (χ3v) is 4.67. The summed E-state index contributed by atoms with van der Waals surface area (Å²) < 4.78 is 6.11. The van der Waals surface area contributed by atoms with Crippen LogP contribution in [0.3, 0.4) is 0 Å². The maximum atomic E-state index is 11.8. The number of hydrogen-bond donors (Lipinski definition) is 0. The lowest BCUT2D eigenvalue weighted by Crippen LogP contribution is -2.37. The second-order valence-electron chi connectivity index (χ2n) is 5.34. The van der Waals surface area contributed by atoms with Crippen LogP contribution >= 0.6 is 15.9 Å². The van der Waals surface area contributed by atoms with Crippen molar-refractivity contribution in [1.29, 1.82) is 0 Å². The highest BCUT2D eigenvalue weighted by atomic mass is 79.9. The van der Waals surface area contributed by atoms with Gasteiger partial charge < -0.3 is 9.64 Å². The number of benzene rings is 1. The molecule has 0 saturated carbocycles. The molecular weight excluding hydrogens is 346 g/mol. The van der Waals surface area contributed by atoms with E-state index in [1.165, 1.54) is 0 Å². The van der Waals surface area contributed by atoms with E-state index in [2.05, 4.69) is 30.8 Å². The highest BCUT2D eigenvalue weighted by Crippen LogP contribution is 2.32. The fraction of sp³-hybridized carbons (Fsp3) is 0.438. The lowest BCUT2D eigenvalue weighted by molar-refractivity contribution is -0.148. The van der Waals surface area contributed by atoms with E-state index < -0.39 is 0 Å². The number of aromatic nitrogens is 2. The number of halogens is 1. The molecule has 1 fully saturated rings. The van der Waals surface area contributed by atoms with E-state index in [1.54, 1.807) is 6.33 Å². The van der Waals surface area contributed by atoms with Crippen molar-refractivity contribution < 1.29 is 9.53 Å². The zero-order valence-corrected chi connectivity index (χ0v) is 14.0. The van der Waals surface area contributed by atoms with E-state index in [0.29, 0.717) is 6.61 Å². The Morgan fingerprint density at radius 2 is 2.14 bits per heavy atom. The van der Waals surface area contributed by atoms with Gasteiger partial charge in [0.05, 0.1) is 23.4 Å². The Hall–Kier alpha value is -1.69. The number of ether oxygens (including phenoxy) is 1. The summed E-state index contributed by atoms with van der Waals surface area (Å²) in [5.41, 5.74) is 0.923. The van der Waals surface area contributed by atoms with Crippen LogP contribution in [0.15, 0.2) is 29.0 Å². The second kappa shape index (κ2) is 6.60. The van der Waals surface area contributed by atoms with E-state index in [9.17, 15) is 4.79 Å². The normalized spacial score (nSPS) is 16.0.